The first-order valence-corrected chi connectivity index (χ1v) is 9.88. The molecule has 0 atom stereocenters. The Labute approximate surface area is 190 Å². The number of rotatable bonds is 6. The Bertz CT molecular complexity index is 1090. The highest BCUT2D eigenvalue weighted by atomic mass is 79.9. The van der Waals surface area contributed by atoms with E-state index in [-0.39, 0.29) is 26.9 Å². The number of nitriles is 1. The number of ether oxygens (including phenoxy) is 2. The third kappa shape index (κ3) is 6.05. The van der Waals surface area contributed by atoms with Gasteiger partial charge in [-0.2, -0.15) is 18.4 Å². The van der Waals surface area contributed by atoms with Gasteiger partial charge in [0.05, 0.1) is 26.0 Å². The van der Waals surface area contributed by atoms with Crippen LogP contribution >= 0.6 is 31.9 Å². The van der Waals surface area contributed by atoms with E-state index in [1.54, 1.807) is 13.0 Å². The summed E-state index contributed by atoms with van der Waals surface area (Å²) in [6, 6.07) is 6.52. The van der Waals surface area contributed by atoms with Crippen molar-refractivity contribution in [2.24, 2.45) is 0 Å². The van der Waals surface area contributed by atoms with E-state index in [9.17, 15) is 28.1 Å². The highest BCUT2D eigenvalue weighted by molar-refractivity contribution is 9.11. The molecule has 0 aliphatic rings. The van der Waals surface area contributed by atoms with Crippen molar-refractivity contribution in [1.29, 1.82) is 5.26 Å². The second-order valence-corrected chi connectivity index (χ2v) is 7.45. The number of nitro groups is 1. The van der Waals surface area contributed by atoms with Crippen molar-refractivity contribution in [3.8, 4) is 17.6 Å². The number of carbonyl (C=O) groups is 1. The average molecular weight is 564 g/mol. The Kier molecular flexibility index (Phi) is 7.80. The highest BCUT2D eigenvalue weighted by Gasteiger charge is 2.33. The molecule has 162 valence electrons. The molecule has 0 radical (unpaired) electrons. The lowest BCUT2D eigenvalue weighted by Gasteiger charge is -2.13. The molecule has 0 saturated heterocycles. The summed E-state index contributed by atoms with van der Waals surface area (Å²) in [5, 5.41) is 20.4. The van der Waals surface area contributed by atoms with E-state index in [1.807, 2.05) is 0 Å². The summed E-state index contributed by atoms with van der Waals surface area (Å²) >= 11 is 6.42. The summed E-state index contributed by atoms with van der Waals surface area (Å²) in [7, 11) is 0. The molecule has 0 heterocycles. The van der Waals surface area contributed by atoms with Crippen molar-refractivity contribution in [2.45, 2.75) is 13.1 Å². The molecule has 12 heteroatoms. The Morgan fingerprint density at radius 3 is 2.35 bits per heavy atom. The number of nitrogens with zero attached hydrogens (tertiary/aromatic N) is 2. The summed E-state index contributed by atoms with van der Waals surface area (Å²) in [5.74, 6) is -1.18. The van der Waals surface area contributed by atoms with Crippen LogP contribution in [0, 0.1) is 21.4 Å². The van der Waals surface area contributed by atoms with E-state index in [0.717, 1.165) is 6.07 Å². The minimum absolute atomic E-state index is 0.0367. The first-order valence-electron chi connectivity index (χ1n) is 8.29. The Hall–Kier alpha value is -2.91. The third-order valence-electron chi connectivity index (χ3n) is 3.64. The molecule has 0 spiro atoms. The maximum atomic E-state index is 12.9. The van der Waals surface area contributed by atoms with Gasteiger partial charge in [0.15, 0.2) is 5.75 Å². The van der Waals surface area contributed by atoms with Gasteiger partial charge in [0.25, 0.3) is 0 Å². The van der Waals surface area contributed by atoms with Crippen LogP contribution in [0.3, 0.4) is 0 Å². The van der Waals surface area contributed by atoms with E-state index >= 15 is 0 Å². The molecule has 2 aromatic carbocycles. The van der Waals surface area contributed by atoms with Crippen LogP contribution in [-0.2, 0) is 15.7 Å². The van der Waals surface area contributed by atoms with Crippen LogP contribution in [0.25, 0.3) is 6.08 Å². The average Bonchev–Trinajstić information content (AvgIpc) is 2.68. The molecule has 0 aliphatic carbocycles. The Morgan fingerprint density at radius 2 is 1.87 bits per heavy atom. The number of hydrogen-bond acceptors (Lipinski definition) is 6. The second-order valence-electron chi connectivity index (χ2n) is 5.74. The maximum Gasteiger partial charge on any atom is 0.416 e. The summed E-state index contributed by atoms with van der Waals surface area (Å²) in [6.45, 7) is 1.68. The zero-order valence-electron chi connectivity index (χ0n) is 15.5. The fourth-order valence-electron chi connectivity index (χ4n) is 2.31. The zero-order valence-corrected chi connectivity index (χ0v) is 18.7. The van der Waals surface area contributed by atoms with Gasteiger partial charge < -0.3 is 9.47 Å². The Balaban J connectivity index is 2.45. The largest absolute Gasteiger partial charge is 0.462 e. The first-order chi connectivity index (χ1) is 14.5. The SMILES string of the molecule is CCOC(=O)/C(C#N)=C\c1cc(Br)c(Oc2ccc(C(F)(F)F)cc2[N+](=O)[O-])c(Br)c1. The fourth-order valence-corrected chi connectivity index (χ4v) is 3.69. The van der Waals surface area contributed by atoms with Gasteiger partial charge in [-0.15, -0.1) is 0 Å². The van der Waals surface area contributed by atoms with E-state index in [2.05, 4.69) is 31.9 Å². The smallest absolute Gasteiger partial charge is 0.416 e. The van der Waals surface area contributed by atoms with Gasteiger partial charge in [-0.25, -0.2) is 4.79 Å². The van der Waals surface area contributed by atoms with Gasteiger partial charge in [0.2, 0.25) is 5.75 Å². The lowest BCUT2D eigenvalue weighted by molar-refractivity contribution is -0.385. The van der Waals surface area contributed by atoms with Crippen LogP contribution in [0.15, 0.2) is 44.9 Å². The molecule has 0 bridgehead atoms. The summed E-state index contributed by atoms with van der Waals surface area (Å²) in [4.78, 5) is 22.0. The fraction of sp³-hybridized carbons (Fsp3) is 0.158. The molecule has 31 heavy (non-hydrogen) atoms. The van der Waals surface area contributed by atoms with Crippen molar-refractivity contribution in [2.75, 3.05) is 6.61 Å². The standard InChI is InChI=1S/C19H11Br2F3N2O5/c1-2-30-18(27)11(9-25)5-10-6-13(20)17(14(21)7-10)31-16-4-3-12(19(22,23)24)8-15(16)26(28)29/h3-8H,2H2,1H3/b11-5-. The zero-order chi connectivity index (χ0) is 23.3. The number of hydrogen-bond donors (Lipinski definition) is 0. The van der Waals surface area contributed by atoms with Gasteiger partial charge >= 0.3 is 17.8 Å². The van der Waals surface area contributed by atoms with Crippen LogP contribution in [0.2, 0.25) is 0 Å². The van der Waals surface area contributed by atoms with Crippen LogP contribution in [0.4, 0.5) is 18.9 Å². The molecule has 2 rings (SSSR count). The number of halogens is 5. The molecule has 0 saturated carbocycles. The molecule has 0 amide bonds. The topological polar surface area (TPSA) is 102 Å². The molecule has 0 N–H and O–H groups in total. The minimum atomic E-state index is -4.75. The van der Waals surface area contributed by atoms with E-state index in [0.29, 0.717) is 17.7 Å². The number of carbonyl (C=O) groups excluding carboxylic acids is 1. The second kappa shape index (κ2) is 9.93. The third-order valence-corrected chi connectivity index (χ3v) is 4.82. The van der Waals surface area contributed by atoms with Crippen LogP contribution < -0.4 is 4.74 Å². The van der Waals surface area contributed by atoms with Gasteiger partial charge in [-0.1, -0.05) is 0 Å². The summed E-state index contributed by atoms with van der Waals surface area (Å²) in [5.41, 5.74) is -1.93. The van der Waals surface area contributed by atoms with Gasteiger partial charge in [-0.05, 0) is 74.7 Å². The van der Waals surface area contributed by atoms with E-state index in [4.69, 9.17) is 14.7 Å². The quantitative estimate of drug-likeness (QED) is 0.132. The maximum absolute atomic E-state index is 12.9. The van der Waals surface area contributed by atoms with Crippen LogP contribution in [0.5, 0.6) is 11.5 Å². The molecule has 0 fully saturated rings. The summed E-state index contributed by atoms with van der Waals surface area (Å²) < 4.78 is 49.4. The van der Waals surface area contributed by atoms with Crippen molar-refractivity contribution in [3.05, 3.63) is 66.1 Å². The minimum Gasteiger partial charge on any atom is -0.462 e. The summed E-state index contributed by atoms with van der Waals surface area (Å²) in [6.07, 6.45) is -3.49. The number of alkyl halides is 3. The van der Waals surface area contributed by atoms with Crippen molar-refractivity contribution >= 4 is 49.6 Å². The number of nitro benzene ring substituents is 1. The molecule has 2 aromatic rings. The number of esters is 1. The Morgan fingerprint density at radius 1 is 1.26 bits per heavy atom. The normalized spacial score (nSPS) is 11.6. The van der Waals surface area contributed by atoms with Gasteiger partial charge in [0, 0.05) is 6.07 Å². The predicted molar refractivity (Wildman–Crippen MR) is 110 cm³/mol. The van der Waals surface area contributed by atoms with Crippen molar-refractivity contribution in [1.82, 2.24) is 0 Å². The van der Waals surface area contributed by atoms with Crippen molar-refractivity contribution in [3.63, 3.8) is 0 Å². The molecule has 0 aromatic heterocycles. The van der Waals surface area contributed by atoms with E-state index in [1.165, 1.54) is 18.2 Å². The van der Waals surface area contributed by atoms with Crippen LogP contribution in [0.1, 0.15) is 18.1 Å². The lowest BCUT2D eigenvalue weighted by Crippen LogP contribution is -2.06. The predicted octanol–water partition coefficient (Wildman–Crippen LogP) is 6.40. The molecule has 0 aliphatic heterocycles. The molecule has 7 nitrogen and oxygen atoms in total. The van der Waals surface area contributed by atoms with Gasteiger partial charge in [-0.3, -0.25) is 10.1 Å². The molecule has 0 unspecified atom stereocenters. The molecular formula is C19H11Br2F3N2O5. The van der Waals surface area contributed by atoms with Crippen molar-refractivity contribution < 1.29 is 32.4 Å². The molecular weight excluding hydrogens is 553 g/mol. The van der Waals surface area contributed by atoms with E-state index < -0.39 is 34.1 Å². The van der Waals surface area contributed by atoms with Crippen LogP contribution in [-0.4, -0.2) is 17.5 Å². The highest BCUT2D eigenvalue weighted by Crippen LogP contribution is 2.42. The monoisotopic (exact) mass is 562 g/mol. The lowest BCUT2D eigenvalue weighted by atomic mass is 10.1. The first kappa shape index (κ1) is 24.4. The van der Waals surface area contributed by atoms with Gasteiger partial charge in [0.1, 0.15) is 11.6 Å². The number of benzene rings is 2.